The Morgan fingerprint density at radius 1 is 1.44 bits per heavy atom. The lowest BCUT2D eigenvalue weighted by atomic mass is 10.2. The molecule has 2 atom stereocenters. The number of aliphatic carboxylic acids is 1. The zero-order valence-electron chi connectivity index (χ0n) is 9.73. The maximum Gasteiger partial charge on any atom is 0.308 e. The SMILES string of the molecule is CC(CNC(=O)C(C)OCC1CC1)C(=O)O. The van der Waals surface area contributed by atoms with Crippen molar-refractivity contribution in [2.45, 2.75) is 32.8 Å². The van der Waals surface area contributed by atoms with E-state index >= 15 is 0 Å². The Morgan fingerprint density at radius 2 is 2.06 bits per heavy atom. The molecule has 0 aliphatic heterocycles. The molecule has 1 rings (SSSR count). The number of carbonyl (C=O) groups is 2. The molecule has 5 nitrogen and oxygen atoms in total. The Balaban J connectivity index is 2.14. The van der Waals surface area contributed by atoms with Crippen molar-refractivity contribution in [1.82, 2.24) is 5.32 Å². The maximum atomic E-state index is 11.5. The molecule has 0 spiro atoms. The van der Waals surface area contributed by atoms with Crippen molar-refractivity contribution in [3.05, 3.63) is 0 Å². The van der Waals surface area contributed by atoms with E-state index < -0.39 is 18.0 Å². The fourth-order valence-electron chi connectivity index (χ4n) is 1.13. The highest BCUT2D eigenvalue weighted by atomic mass is 16.5. The molecule has 0 bridgehead atoms. The highest BCUT2D eigenvalue weighted by molar-refractivity contribution is 5.81. The third kappa shape index (κ3) is 4.61. The molecule has 0 aromatic heterocycles. The molecule has 5 heteroatoms. The molecule has 1 fully saturated rings. The summed E-state index contributed by atoms with van der Waals surface area (Å²) < 4.78 is 5.36. The largest absolute Gasteiger partial charge is 0.481 e. The summed E-state index contributed by atoms with van der Waals surface area (Å²) in [6.07, 6.45) is 1.87. The monoisotopic (exact) mass is 229 g/mol. The second-order valence-electron chi connectivity index (χ2n) is 4.40. The average molecular weight is 229 g/mol. The van der Waals surface area contributed by atoms with Crippen molar-refractivity contribution in [3.8, 4) is 0 Å². The summed E-state index contributed by atoms with van der Waals surface area (Å²) in [5.74, 6) is -1.10. The fraction of sp³-hybridized carbons (Fsp3) is 0.818. The predicted octanol–water partition coefficient (Wildman–Crippen LogP) is 0.638. The van der Waals surface area contributed by atoms with Gasteiger partial charge in [-0.05, 0) is 25.7 Å². The van der Waals surface area contributed by atoms with Gasteiger partial charge in [0, 0.05) is 6.54 Å². The molecule has 2 N–H and O–H groups in total. The zero-order chi connectivity index (χ0) is 12.1. The van der Waals surface area contributed by atoms with Crippen molar-refractivity contribution in [2.24, 2.45) is 11.8 Å². The normalized spacial score (nSPS) is 18.9. The minimum Gasteiger partial charge on any atom is -0.481 e. The van der Waals surface area contributed by atoms with E-state index in [0.717, 1.165) is 0 Å². The van der Waals surface area contributed by atoms with Gasteiger partial charge in [0.05, 0.1) is 12.5 Å². The van der Waals surface area contributed by atoms with Crippen LogP contribution in [0.5, 0.6) is 0 Å². The predicted molar refractivity (Wildman–Crippen MR) is 57.9 cm³/mol. The average Bonchev–Trinajstić information content (AvgIpc) is 3.05. The first kappa shape index (κ1) is 13.0. The Hall–Kier alpha value is -1.10. The van der Waals surface area contributed by atoms with Gasteiger partial charge in [-0.1, -0.05) is 6.92 Å². The minimum atomic E-state index is -0.910. The first-order valence-electron chi connectivity index (χ1n) is 5.62. The summed E-state index contributed by atoms with van der Waals surface area (Å²) in [4.78, 5) is 22.0. The minimum absolute atomic E-state index is 0.144. The van der Waals surface area contributed by atoms with Crippen LogP contribution >= 0.6 is 0 Å². The van der Waals surface area contributed by atoms with Gasteiger partial charge in [0.1, 0.15) is 6.10 Å². The van der Waals surface area contributed by atoms with Crippen LogP contribution in [0, 0.1) is 11.8 Å². The molecule has 0 aromatic rings. The number of ether oxygens (including phenoxy) is 1. The van der Waals surface area contributed by atoms with Gasteiger partial charge in [-0.15, -0.1) is 0 Å². The zero-order valence-corrected chi connectivity index (χ0v) is 9.73. The van der Waals surface area contributed by atoms with Gasteiger partial charge in [0.2, 0.25) is 5.91 Å². The van der Waals surface area contributed by atoms with Crippen LogP contribution in [0.4, 0.5) is 0 Å². The van der Waals surface area contributed by atoms with Crippen molar-refractivity contribution in [3.63, 3.8) is 0 Å². The summed E-state index contributed by atoms with van der Waals surface area (Å²) in [6.45, 7) is 4.01. The topological polar surface area (TPSA) is 75.6 Å². The number of carbonyl (C=O) groups excluding carboxylic acids is 1. The lowest BCUT2D eigenvalue weighted by molar-refractivity contribution is -0.141. The lowest BCUT2D eigenvalue weighted by Crippen LogP contribution is -2.38. The van der Waals surface area contributed by atoms with Crippen LogP contribution in [0.3, 0.4) is 0 Å². The van der Waals surface area contributed by atoms with Crippen molar-refractivity contribution in [1.29, 1.82) is 0 Å². The fourth-order valence-corrected chi connectivity index (χ4v) is 1.13. The van der Waals surface area contributed by atoms with E-state index in [1.807, 2.05) is 0 Å². The van der Waals surface area contributed by atoms with Gasteiger partial charge in [0.25, 0.3) is 0 Å². The van der Waals surface area contributed by atoms with E-state index in [1.165, 1.54) is 12.8 Å². The van der Waals surface area contributed by atoms with E-state index in [1.54, 1.807) is 13.8 Å². The number of carboxylic acids is 1. The molecule has 2 unspecified atom stereocenters. The second-order valence-corrected chi connectivity index (χ2v) is 4.40. The van der Waals surface area contributed by atoms with E-state index in [-0.39, 0.29) is 12.5 Å². The number of carboxylic acid groups (broad SMARTS) is 1. The Labute approximate surface area is 95.2 Å². The number of amides is 1. The van der Waals surface area contributed by atoms with Crippen molar-refractivity contribution < 1.29 is 19.4 Å². The number of rotatable bonds is 7. The van der Waals surface area contributed by atoms with Gasteiger partial charge in [-0.3, -0.25) is 9.59 Å². The molecule has 92 valence electrons. The summed E-state index contributed by atoms with van der Waals surface area (Å²) in [5.41, 5.74) is 0. The smallest absolute Gasteiger partial charge is 0.308 e. The summed E-state index contributed by atoms with van der Waals surface area (Å²) in [6, 6.07) is 0. The van der Waals surface area contributed by atoms with E-state index in [9.17, 15) is 9.59 Å². The third-order valence-corrected chi connectivity index (χ3v) is 2.65. The lowest BCUT2D eigenvalue weighted by Gasteiger charge is -2.14. The number of hydrogen-bond donors (Lipinski definition) is 2. The Morgan fingerprint density at radius 3 is 2.56 bits per heavy atom. The standard InChI is InChI=1S/C11H19NO4/c1-7(11(14)15)5-12-10(13)8(2)16-6-9-3-4-9/h7-9H,3-6H2,1-2H3,(H,12,13)(H,14,15). The molecule has 0 saturated heterocycles. The molecule has 0 heterocycles. The second kappa shape index (κ2) is 5.84. The summed E-state index contributed by atoms with van der Waals surface area (Å²) >= 11 is 0. The number of nitrogens with one attached hydrogen (secondary N) is 1. The molecular formula is C11H19NO4. The van der Waals surface area contributed by atoms with Crippen LogP contribution < -0.4 is 5.32 Å². The molecular weight excluding hydrogens is 210 g/mol. The summed E-state index contributed by atoms with van der Waals surface area (Å²) in [5, 5.41) is 11.2. The van der Waals surface area contributed by atoms with Crippen molar-refractivity contribution in [2.75, 3.05) is 13.2 Å². The van der Waals surface area contributed by atoms with Gasteiger partial charge >= 0.3 is 5.97 Å². The quantitative estimate of drug-likeness (QED) is 0.671. The third-order valence-electron chi connectivity index (χ3n) is 2.65. The van der Waals surface area contributed by atoms with Gasteiger partial charge in [-0.2, -0.15) is 0 Å². The van der Waals surface area contributed by atoms with Gasteiger partial charge < -0.3 is 15.2 Å². The highest BCUT2D eigenvalue weighted by Crippen LogP contribution is 2.29. The van der Waals surface area contributed by atoms with Crippen LogP contribution in [-0.2, 0) is 14.3 Å². The highest BCUT2D eigenvalue weighted by Gasteiger charge is 2.24. The summed E-state index contributed by atoms with van der Waals surface area (Å²) in [7, 11) is 0. The van der Waals surface area contributed by atoms with Crippen LogP contribution in [-0.4, -0.2) is 36.2 Å². The molecule has 1 saturated carbocycles. The Bertz CT molecular complexity index is 263. The van der Waals surface area contributed by atoms with Gasteiger partial charge in [0.15, 0.2) is 0 Å². The molecule has 1 amide bonds. The van der Waals surface area contributed by atoms with E-state index in [2.05, 4.69) is 5.32 Å². The van der Waals surface area contributed by atoms with Crippen LogP contribution in [0.25, 0.3) is 0 Å². The van der Waals surface area contributed by atoms with Gasteiger partial charge in [-0.25, -0.2) is 0 Å². The number of hydrogen-bond acceptors (Lipinski definition) is 3. The van der Waals surface area contributed by atoms with Crippen molar-refractivity contribution >= 4 is 11.9 Å². The van der Waals surface area contributed by atoms with Crippen LogP contribution in [0.1, 0.15) is 26.7 Å². The molecule has 0 aromatic carbocycles. The van der Waals surface area contributed by atoms with E-state index in [0.29, 0.717) is 12.5 Å². The van der Waals surface area contributed by atoms with E-state index in [4.69, 9.17) is 9.84 Å². The van der Waals surface area contributed by atoms with Crippen LogP contribution in [0.15, 0.2) is 0 Å². The molecule has 1 aliphatic rings. The molecule has 0 radical (unpaired) electrons. The first-order chi connectivity index (χ1) is 7.50. The first-order valence-corrected chi connectivity index (χ1v) is 5.62. The maximum absolute atomic E-state index is 11.5. The molecule has 1 aliphatic carbocycles. The Kier molecular flexibility index (Phi) is 4.73. The van der Waals surface area contributed by atoms with Crippen LogP contribution in [0.2, 0.25) is 0 Å². The molecule has 16 heavy (non-hydrogen) atoms.